The highest BCUT2D eigenvalue weighted by Crippen LogP contribution is 2.28. The maximum atomic E-state index is 12.7. The largest absolute Gasteiger partial charge is 0.497 e. The number of aryl methyl sites for hydroxylation is 1. The van der Waals surface area contributed by atoms with E-state index in [1.807, 2.05) is 23.6 Å². The van der Waals surface area contributed by atoms with Gasteiger partial charge in [0.25, 0.3) is 5.56 Å². The molecule has 0 fully saturated rings. The molecule has 0 atom stereocenters. The van der Waals surface area contributed by atoms with Crippen molar-refractivity contribution in [1.82, 2.24) is 19.4 Å². The van der Waals surface area contributed by atoms with Gasteiger partial charge in [0.15, 0.2) is 5.82 Å². The van der Waals surface area contributed by atoms with Crippen LogP contribution < -0.4 is 10.3 Å². The van der Waals surface area contributed by atoms with E-state index >= 15 is 0 Å². The number of ether oxygens (including phenoxy) is 1. The number of fused-ring (bicyclic) bond motifs is 2. The summed E-state index contributed by atoms with van der Waals surface area (Å²) in [6, 6.07) is 10.1. The molecule has 29 heavy (non-hydrogen) atoms. The molecule has 0 spiro atoms. The molecule has 1 aromatic carbocycles. The van der Waals surface area contributed by atoms with E-state index in [0.29, 0.717) is 12.4 Å². The van der Waals surface area contributed by atoms with Gasteiger partial charge in [-0.05, 0) is 35.2 Å². The first-order valence-electron chi connectivity index (χ1n) is 9.62. The van der Waals surface area contributed by atoms with Crippen LogP contribution in [0.2, 0.25) is 0 Å². The number of benzene rings is 1. The lowest BCUT2D eigenvalue weighted by atomic mass is 10.1. The lowest BCUT2D eigenvalue weighted by Crippen LogP contribution is -2.35. The number of aromatic amines is 1. The van der Waals surface area contributed by atoms with E-state index in [4.69, 9.17) is 9.72 Å². The Labute approximate surface area is 172 Å². The first-order valence-corrected chi connectivity index (χ1v) is 10.5. The number of nitrogens with one attached hydrogen (secondary N) is 1. The summed E-state index contributed by atoms with van der Waals surface area (Å²) in [5.41, 5.74) is 4.10. The van der Waals surface area contributed by atoms with E-state index in [1.54, 1.807) is 18.4 Å². The van der Waals surface area contributed by atoms with E-state index in [1.165, 1.54) is 16.5 Å². The zero-order valence-corrected chi connectivity index (χ0v) is 17.3. The Morgan fingerprint density at radius 3 is 3.00 bits per heavy atom. The summed E-state index contributed by atoms with van der Waals surface area (Å²) in [6.07, 6.45) is 2.95. The van der Waals surface area contributed by atoms with Gasteiger partial charge in [0.1, 0.15) is 5.75 Å². The van der Waals surface area contributed by atoms with Gasteiger partial charge in [-0.25, -0.2) is 4.98 Å². The molecule has 5 rings (SSSR count). The zero-order valence-electron chi connectivity index (χ0n) is 16.4. The topological polar surface area (TPSA) is 63.1 Å². The average Bonchev–Trinajstić information content (AvgIpc) is 3.37. The summed E-state index contributed by atoms with van der Waals surface area (Å²) in [7, 11) is 3.75. The van der Waals surface area contributed by atoms with E-state index in [2.05, 4.69) is 39.8 Å². The minimum Gasteiger partial charge on any atom is -0.497 e. The first kappa shape index (κ1) is 18.1. The van der Waals surface area contributed by atoms with Crippen LogP contribution in [0.4, 0.5) is 0 Å². The SMILES string of the molecule is COc1ccc2c(c1)c(CN1CCc3nc(-c4cccs4)[nH]c(=O)c3C1)cn2C. The third-order valence-corrected chi connectivity index (χ3v) is 6.45. The third-order valence-electron chi connectivity index (χ3n) is 5.58. The van der Waals surface area contributed by atoms with Crippen molar-refractivity contribution in [3.05, 3.63) is 69.1 Å². The van der Waals surface area contributed by atoms with E-state index < -0.39 is 0 Å². The van der Waals surface area contributed by atoms with Gasteiger partial charge in [-0.1, -0.05) is 6.07 Å². The molecule has 7 heteroatoms. The number of hydrogen-bond donors (Lipinski definition) is 1. The molecule has 0 radical (unpaired) electrons. The van der Waals surface area contributed by atoms with Crippen LogP contribution in [0.3, 0.4) is 0 Å². The Hall–Kier alpha value is -2.90. The Bertz CT molecular complexity index is 1240. The second-order valence-corrected chi connectivity index (χ2v) is 8.37. The summed E-state index contributed by atoms with van der Waals surface area (Å²) in [4.78, 5) is 23.8. The van der Waals surface area contributed by atoms with Crippen molar-refractivity contribution in [3.63, 3.8) is 0 Å². The maximum Gasteiger partial charge on any atom is 0.255 e. The Morgan fingerprint density at radius 2 is 2.21 bits per heavy atom. The molecule has 148 valence electrons. The monoisotopic (exact) mass is 406 g/mol. The quantitative estimate of drug-likeness (QED) is 0.563. The van der Waals surface area contributed by atoms with E-state index in [0.717, 1.165) is 41.4 Å². The highest BCUT2D eigenvalue weighted by Gasteiger charge is 2.23. The molecule has 1 aliphatic heterocycles. The molecule has 0 amide bonds. The van der Waals surface area contributed by atoms with Crippen molar-refractivity contribution in [1.29, 1.82) is 0 Å². The summed E-state index contributed by atoms with van der Waals surface area (Å²) in [6.45, 7) is 2.28. The van der Waals surface area contributed by atoms with Crippen molar-refractivity contribution in [3.8, 4) is 16.5 Å². The summed E-state index contributed by atoms with van der Waals surface area (Å²) >= 11 is 1.59. The van der Waals surface area contributed by atoms with Crippen LogP contribution >= 0.6 is 11.3 Å². The molecule has 4 aromatic rings. The lowest BCUT2D eigenvalue weighted by Gasteiger charge is -2.27. The highest BCUT2D eigenvalue weighted by molar-refractivity contribution is 7.13. The van der Waals surface area contributed by atoms with Gasteiger partial charge in [-0.15, -0.1) is 11.3 Å². The van der Waals surface area contributed by atoms with Gasteiger partial charge in [0.2, 0.25) is 0 Å². The molecular formula is C22H22N4O2S. The average molecular weight is 407 g/mol. The molecule has 0 aliphatic carbocycles. The predicted octanol–water partition coefficient (Wildman–Crippen LogP) is 3.56. The molecule has 1 N–H and O–H groups in total. The van der Waals surface area contributed by atoms with Gasteiger partial charge in [0, 0.05) is 50.2 Å². The van der Waals surface area contributed by atoms with Crippen LogP contribution in [0.1, 0.15) is 16.8 Å². The molecule has 0 unspecified atom stereocenters. The first-order chi connectivity index (χ1) is 14.1. The van der Waals surface area contributed by atoms with Crippen molar-refractivity contribution in [2.45, 2.75) is 19.5 Å². The maximum absolute atomic E-state index is 12.7. The lowest BCUT2D eigenvalue weighted by molar-refractivity contribution is 0.242. The fourth-order valence-electron chi connectivity index (χ4n) is 4.09. The minimum atomic E-state index is -0.0253. The molecule has 0 saturated carbocycles. The number of aromatic nitrogens is 3. The number of thiophene rings is 1. The number of methoxy groups -OCH3 is 1. The summed E-state index contributed by atoms with van der Waals surface area (Å²) in [5, 5.41) is 3.19. The van der Waals surface area contributed by atoms with Crippen molar-refractivity contribution in [2.24, 2.45) is 7.05 Å². The smallest absolute Gasteiger partial charge is 0.255 e. The van der Waals surface area contributed by atoms with Gasteiger partial charge in [0.05, 0.1) is 23.2 Å². The predicted molar refractivity (Wildman–Crippen MR) is 115 cm³/mol. The standard InChI is InChI=1S/C22H22N4O2S/c1-25-11-14(16-10-15(28-2)5-6-19(16)25)12-26-8-7-18-17(13-26)22(27)24-21(23-18)20-4-3-9-29-20/h3-6,9-11H,7-8,12-13H2,1-2H3,(H,23,24,27). The molecule has 1 aliphatic rings. The second-order valence-electron chi connectivity index (χ2n) is 7.43. The highest BCUT2D eigenvalue weighted by atomic mass is 32.1. The second kappa shape index (κ2) is 7.17. The molecular weight excluding hydrogens is 384 g/mol. The van der Waals surface area contributed by atoms with Crippen LogP contribution in [-0.2, 0) is 26.6 Å². The molecule has 0 bridgehead atoms. The van der Waals surface area contributed by atoms with Gasteiger partial charge >= 0.3 is 0 Å². The fourth-order valence-corrected chi connectivity index (χ4v) is 4.76. The number of H-pyrrole nitrogens is 1. The molecule has 3 aromatic heterocycles. The number of nitrogens with zero attached hydrogens (tertiary/aromatic N) is 3. The van der Waals surface area contributed by atoms with Crippen LogP contribution in [-0.4, -0.2) is 33.1 Å². The third kappa shape index (κ3) is 3.26. The van der Waals surface area contributed by atoms with Crippen LogP contribution in [0.25, 0.3) is 21.6 Å². The van der Waals surface area contributed by atoms with Crippen LogP contribution in [0.5, 0.6) is 5.75 Å². The molecule has 4 heterocycles. The number of rotatable bonds is 4. The van der Waals surface area contributed by atoms with Gasteiger partial charge in [-0.3, -0.25) is 9.69 Å². The fraction of sp³-hybridized carbons (Fsp3) is 0.273. The van der Waals surface area contributed by atoms with Crippen molar-refractivity contribution < 1.29 is 4.74 Å². The van der Waals surface area contributed by atoms with E-state index in [-0.39, 0.29) is 5.56 Å². The Morgan fingerprint density at radius 1 is 1.31 bits per heavy atom. The summed E-state index contributed by atoms with van der Waals surface area (Å²) in [5.74, 6) is 1.54. The van der Waals surface area contributed by atoms with Gasteiger partial charge in [-0.2, -0.15) is 0 Å². The Balaban J connectivity index is 1.43. The minimum absolute atomic E-state index is 0.0253. The van der Waals surface area contributed by atoms with Gasteiger partial charge < -0.3 is 14.3 Å². The van der Waals surface area contributed by atoms with Crippen LogP contribution in [0.15, 0.2) is 46.7 Å². The zero-order chi connectivity index (χ0) is 20.0. The molecule has 0 saturated heterocycles. The Kier molecular flexibility index (Phi) is 4.49. The normalized spacial score (nSPS) is 14.3. The van der Waals surface area contributed by atoms with Crippen LogP contribution in [0, 0.1) is 0 Å². The van der Waals surface area contributed by atoms with Crippen molar-refractivity contribution in [2.75, 3.05) is 13.7 Å². The van der Waals surface area contributed by atoms with Crippen molar-refractivity contribution >= 4 is 22.2 Å². The summed E-state index contributed by atoms with van der Waals surface area (Å²) < 4.78 is 7.55. The number of hydrogen-bond acceptors (Lipinski definition) is 5. The van der Waals surface area contributed by atoms with E-state index in [9.17, 15) is 4.79 Å². The molecule has 6 nitrogen and oxygen atoms in total.